The van der Waals surface area contributed by atoms with Crippen LogP contribution in [0.2, 0.25) is 0 Å². The summed E-state index contributed by atoms with van der Waals surface area (Å²) in [5, 5.41) is 0.706. The summed E-state index contributed by atoms with van der Waals surface area (Å²) in [7, 11) is 2.57. The Labute approximate surface area is 130 Å². The van der Waals surface area contributed by atoms with Gasteiger partial charge < -0.3 is 19.6 Å². The van der Waals surface area contributed by atoms with Crippen LogP contribution in [0.1, 0.15) is 10.5 Å². The van der Waals surface area contributed by atoms with Gasteiger partial charge in [-0.05, 0) is 18.2 Å². The average molecular weight is 316 g/mol. The lowest BCUT2D eigenvalue weighted by Crippen LogP contribution is -2.10. The highest BCUT2D eigenvalue weighted by atomic mass is 19.1. The monoisotopic (exact) mass is 316 g/mol. The maximum absolute atomic E-state index is 14.3. The highest BCUT2D eigenvalue weighted by molar-refractivity contribution is 5.94. The number of esters is 1. The Morgan fingerprint density at radius 1 is 1.30 bits per heavy atom. The molecule has 0 unspecified atom stereocenters. The van der Waals surface area contributed by atoms with Crippen LogP contribution in [0.15, 0.2) is 34.9 Å². The van der Waals surface area contributed by atoms with Crippen molar-refractivity contribution in [3.05, 3.63) is 42.0 Å². The quantitative estimate of drug-likeness (QED) is 0.747. The van der Waals surface area contributed by atoms with E-state index in [4.69, 9.17) is 14.9 Å². The summed E-state index contributed by atoms with van der Waals surface area (Å²) < 4.78 is 29.2. The molecule has 1 aromatic carbocycles. The van der Waals surface area contributed by atoms with Gasteiger partial charge in [0.05, 0.1) is 31.9 Å². The van der Waals surface area contributed by atoms with E-state index in [9.17, 15) is 9.18 Å². The standard InChI is InChI=1S/C16H13FN2O4/c1-21-15-11(18)7-12(19-14(15)16(20)22-2)9-5-8-3-4-23-13(8)6-10(9)17/h3-7H,1-2H3,(H2,18,19). The Morgan fingerprint density at radius 3 is 2.78 bits per heavy atom. The lowest BCUT2D eigenvalue weighted by molar-refractivity contribution is 0.0590. The second-order valence-electron chi connectivity index (χ2n) is 4.76. The lowest BCUT2D eigenvalue weighted by Gasteiger charge is -2.12. The summed E-state index contributed by atoms with van der Waals surface area (Å²) in [4.78, 5) is 16.0. The minimum Gasteiger partial charge on any atom is -0.492 e. The number of benzene rings is 1. The fourth-order valence-electron chi connectivity index (χ4n) is 2.32. The van der Waals surface area contributed by atoms with Gasteiger partial charge in [-0.1, -0.05) is 0 Å². The number of carbonyl (C=O) groups excluding carboxylic acids is 1. The predicted molar refractivity (Wildman–Crippen MR) is 81.7 cm³/mol. The Kier molecular flexibility index (Phi) is 3.61. The third-order valence-electron chi connectivity index (χ3n) is 3.40. The highest BCUT2D eigenvalue weighted by Crippen LogP contribution is 2.33. The molecule has 7 heteroatoms. The van der Waals surface area contributed by atoms with E-state index in [1.165, 1.54) is 32.6 Å². The zero-order valence-electron chi connectivity index (χ0n) is 12.4. The van der Waals surface area contributed by atoms with Gasteiger partial charge >= 0.3 is 5.97 Å². The van der Waals surface area contributed by atoms with Crippen molar-refractivity contribution in [2.75, 3.05) is 20.0 Å². The molecule has 2 N–H and O–H groups in total. The molecule has 118 valence electrons. The van der Waals surface area contributed by atoms with Gasteiger partial charge in [-0.3, -0.25) is 0 Å². The van der Waals surface area contributed by atoms with Crippen LogP contribution in [0.5, 0.6) is 5.75 Å². The molecule has 0 aliphatic heterocycles. The molecule has 3 aromatic rings. The highest BCUT2D eigenvalue weighted by Gasteiger charge is 2.21. The van der Waals surface area contributed by atoms with Gasteiger partial charge in [0.1, 0.15) is 11.4 Å². The van der Waals surface area contributed by atoms with Crippen LogP contribution in [0.3, 0.4) is 0 Å². The molecular weight excluding hydrogens is 303 g/mol. The molecule has 0 aliphatic rings. The minimum absolute atomic E-state index is 0.0883. The molecule has 3 rings (SSSR count). The predicted octanol–water partition coefficient (Wildman–Crippen LogP) is 3.01. The van der Waals surface area contributed by atoms with Crippen LogP contribution in [0.25, 0.3) is 22.2 Å². The number of anilines is 1. The molecule has 23 heavy (non-hydrogen) atoms. The molecular formula is C16H13FN2O4. The normalized spacial score (nSPS) is 10.7. The number of nitrogens with zero attached hydrogens (tertiary/aromatic N) is 1. The molecule has 0 spiro atoms. The SMILES string of the molecule is COC(=O)c1nc(-c2cc3ccoc3cc2F)cc(N)c1OC. The second-order valence-corrected chi connectivity index (χ2v) is 4.76. The van der Waals surface area contributed by atoms with E-state index in [2.05, 4.69) is 9.72 Å². The fourth-order valence-corrected chi connectivity index (χ4v) is 2.32. The van der Waals surface area contributed by atoms with E-state index in [1.54, 1.807) is 12.1 Å². The van der Waals surface area contributed by atoms with E-state index >= 15 is 0 Å². The molecule has 0 atom stereocenters. The van der Waals surface area contributed by atoms with Crippen LogP contribution in [0.4, 0.5) is 10.1 Å². The number of rotatable bonds is 3. The molecule has 0 bridgehead atoms. The van der Waals surface area contributed by atoms with Gasteiger partial charge in [0.15, 0.2) is 11.4 Å². The van der Waals surface area contributed by atoms with Gasteiger partial charge in [0.25, 0.3) is 0 Å². The van der Waals surface area contributed by atoms with Gasteiger partial charge in [-0.2, -0.15) is 0 Å². The Bertz CT molecular complexity index is 904. The van der Waals surface area contributed by atoms with E-state index in [0.717, 1.165) is 0 Å². The molecule has 0 radical (unpaired) electrons. The number of ether oxygens (including phenoxy) is 2. The Balaban J connectivity index is 2.24. The van der Waals surface area contributed by atoms with E-state index in [1.807, 2.05) is 0 Å². The smallest absolute Gasteiger partial charge is 0.360 e. The summed E-state index contributed by atoms with van der Waals surface area (Å²) in [6, 6.07) is 5.97. The molecule has 2 heterocycles. The lowest BCUT2D eigenvalue weighted by atomic mass is 10.1. The van der Waals surface area contributed by atoms with Crippen LogP contribution in [0, 0.1) is 5.82 Å². The number of halogens is 1. The van der Waals surface area contributed by atoms with Gasteiger partial charge in [-0.15, -0.1) is 0 Å². The molecule has 0 saturated heterocycles. The van der Waals surface area contributed by atoms with E-state index in [-0.39, 0.29) is 28.4 Å². The van der Waals surface area contributed by atoms with Gasteiger partial charge in [0.2, 0.25) is 0 Å². The molecule has 0 aliphatic carbocycles. The van der Waals surface area contributed by atoms with Crippen molar-refractivity contribution in [2.45, 2.75) is 0 Å². The first-order chi connectivity index (χ1) is 11.0. The number of hydrogen-bond acceptors (Lipinski definition) is 6. The van der Waals surface area contributed by atoms with E-state index in [0.29, 0.717) is 11.0 Å². The van der Waals surface area contributed by atoms with E-state index < -0.39 is 11.8 Å². The van der Waals surface area contributed by atoms with Crippen molar-refractivity contribution < 1.29 is 23.1 Å². The maximum atomic E-state index is 14.3. The van der Waals surface area contributed by atoms with Crippen molar-refractivity contribution in [3.63, 3.8) is 0 Å². The van der Waals surface area contributed by atoms with Crippen LogP contribution < -0.4 is 10.5 Å². The number of aromatic nitrogens is 1. The number of nitrogens with two attached hydrogens (primary N) is 1. The second kappa shape index (κ2) is 5.60. The van der Waals surface area contributed by atoms with Crippen molar-refractivity contribution in [1.82, 2.24) is 4.98 Å². The van der Waals surface area contributed by atoms with Crippen molar-refractivity contribution >= 4 is 22.6 Å². The number of hydrogen-bond donors (Lipinski definition) is 1. The number of nitrogen functional groups attached to an aromatic ring is 1. The first kappa shape index (κ1) is 14.8. The molecule has 2 aromatic heterocycles. The zero-order valence-corrected chi connectivity index (χ0v) is 12.4. The number of fused-ring (bicyclic) bond motifs is 1. The van der Waals surface area contributed by atoms with Crippen LogP contribution in [-0.2, 0) is 4.74 Å². The zero-order chi connectivity index (χ0) is 16.6. The summed E-state index contributed by atoms with van der Waals surface area (Å²) in [6.07, 6.45) is 1.46. The molecule has 0 fully saturated rings. The molecule has 0 amide bonds. The van der Waals surface area contributed by atoms with Crippen molar-refractivity contribution in [1.29, 1.82) is 0 Å². The third-order valence-corrected chi connectivity index (χ3v) is 3.40. The molecule has 0 saturated carbocycles. The van der Waals surface area contributed by atoms with Crippen LogP contribution >= 0.6 is 0 Å². The number of methoxy groups -OCH3 is 2. The third kappa shape index (κ3) is 2.46. The maximum Gasteiger partial charge on any atom is 0.360 e. The first-order valence-electron chi connectivity index (χ1n) is 6.65. The fraction of sp³-hybridized carbons (Fsp3) is 0.125. The number of furan rings is 1. The van der Waals surface area contributed by atoms with Gasteiger partial charge in [0, 0.05) is 17.0 Å². The Hall–Kier alpha value is -3.09. The molecule has 6 nitrogen and oxygen atoms in total. The first-order valence-corrected chi connectivity index (χ1v) is 6.65. The van der Waals surface area contributed by atoms with Crippen LogP contribution in [-0.4, -0.2) is 25.2 Å². The largest absolute Gasteiger partial charge is 0.492 e. The van der Waals surface area contributed by atoms with Gasteiger partial charge in [-0.25, -0.2) is 14.2 Å². The Morgan fingerprint density at radius 2 is 2.09 bits per heavy atom. The topological polar surface area (TPSA) is 87.6 Å². The average Bonchev–Trinajstić information content (AvgIpc) is 2.99. The summed E-state index contributed by atoms with van der Waals surface area (Å²) in [6.45, 7) is 0. The summed E-state index contributed by atoms with van der Waals surface area (Å²) >= 11 is 0. The van der Waals surface area contributed by atoms with Crippen molar-refractivity contribution in [2.24, 2.45) is 0 Å². The van der Waals surface area contributed by atoms with Crippen molar-refractivity contribution in [3.8, 4) is 17.0 Å². The minimum atomic E-state index is -0.722. The summed E-state index contributed by atoms with van der Waals surface area (Å²) in [5.41, 5.74) is 6.74. The summed E-state index contributed by atoms with van der Waals surface area (Å²) in [5.74, 6) is -1.18. The number of pyridine rings is 1. The number of carbonyl (C=O) groups is 1.